The van der Waals surface area contributed by atoms with Crippen LogP contribution in [0, 0.1) is 0 Å². The van der Waals surface area contributed by atoms with Crippen LogP contribution in [-0.4, -0.2) is 18.5 Å². The Kier molecular flexibility index (Phi) is 5.72. The van der Waals surface area contributed by atoms with E-state index >= 15 is 0 Å². The van der Waals surface area contributed by atoms with E-state index in [1.54, 1.807) is 0 Å². The summed E-state index contributed by atoms with van der Waals surface area (Å²) in [6, 6.07) is 16.0. The monoisotopic (exact) mass is 343 g/mol. The van der Waals surface area contributed by atoms with Gasteiger partial charge in [-0.2, -0.15) is 0 Å². The van der Waals surface area contributed by atoms with E-state index in [4.69, 9.17) is 11.6 Å². The zero-order valence-electron chi connectivity index (χ0n) is 13.5. The van der Waals surface area contributed by atoms with Gasteiger partial charge in [0.1, 0.15) is 0 Å². The molecule has 1 fully saturated rings. The quantitative estimate of drug-likeness (QED) is 0.754. The Morgan fingerprint density at radius 3 is 2.62 bits per heavy atom. The van der Waals surface area contributed by atoms with E-state index in [9.17, 15) is 4.79 Å². The number of benzene rings is 2. The molecule has 5 heteroatoms. The molecule has 0 bridgehead atoms. The third kappa shape index (κ3) is 4.49. The molecule has 1 saturated heterocycles. The van der Waals surface area contributed by atoms with E-state index in [0.717, 1.165) is 41.2 Å². The smallest absolute Gasteiger partial charge is 0.237 e. The lowest BCUT2D eigenvalue weighted by Crippen LogP contribution is -2.47. The highest BCUT2D eigenvalue weighted by molar-refractivity contribution is 6.31. The van der Waals surface area contributed by atoms with Gasteiger partial charge in [0.05, 0.1) is 6.04 Å². The zero-order valence-corrected chi connectivity index (χ0v) is 14.3. The van der Waals surface area contributed by atoms with Crippen LogP contribution in [0.2, 0.25) is 5.02 Å². The van der Waals surface area contributed by atoms with Crippen molar-refractivity contribution in [2.45, 2.75) is 32.0 Å². The maximum Gasteiger partial charge on any atom is 0.237 e. The molecule has 1 heterocycles. The van der Waals surface area contributed by atoms with Crippen LogP contribution in [0.5, 0.6) is 0 Å². The molecule has 4 nitrogen and oxygen atoms in total. The normalized spacial score (nSPS) is 17.4. The number of carbonyl (C=O) groups is 1. The molecule has 1 amide bonds. The van der Waals surface area contributed by atoms with Crippen LogP contribution >= 0.6 is 11.6 Å². The minimum absolute atomic E-state index is 0.0724. The first-order valence-electron chi connectivity index (χ1n) is 8.30. The van der Waals surface area contributed by atoms with Gasteiger partial charge >= 0.3 is 0 Å². The number of nitrogens with one attached hydrogen (secondary N) is 3. The molecular formula is C19H22ClN3O. The molecule has 0 saturated carbocycles. The van der Waals surface area contributed by atoms with Gasteiger partial charge in [-0.15, -0.1) is 0 Å². The van der Waals surface area contributed by atoms with Crippen LogP contribution in [-0.2, 0) is 17.9 Å². The van der Waals surface area contributed by atoms with Crippen molar-refractivity contribution in [2.24, 2.45) is 0 Å². The molecule has 1 atom stereocenters. The predicted molar refractivity (Wildman–Crippen MR) is 98.1 cm³/mol. The van der Waals surface area contributed by atoms with E-state index in [2.05, 4.69) is 40.2 Å². The first-order chi connectivity index (χ1) is 11.7. The third-order valence-corrected chi connectivity index (χ3v) is 4.60. The van der Waals surface area contributed by atoms with Crippen LogP contribution in [0.1, 0.15) is 24.0 Å². The Hall–Kier alpha value is -2.04. The van der Waals surface area contributed by atoms with Gasteiger partial charge in [0, 0.05) is 30.3 Å². The number of anilines is 1. The second-order valence-corrected chi connectivity index (χ2v) is 6.42. The number of halogens is 1. The van der Waals surface area contributed by atoms with Gasteiger partial charge in [0.15, 0.2) is 0 Å². The van der Waals surface area contributed by atoms with Crippen molar-refractivity contribution in [3.8, 4) is 0 Å². The largest absolute Gasteiger partial charge is 0.381 e. The summed E-state index contributed by atoms with van der Waals surface area (Å²) < 4.78 is 0. The first kappa shape index (κ1) is 16.8. The number of carbonyl (C=O) groups excluding carboxylic acids is 1. The Bertz CT molecular complexity index is 687. The summed E-state index contributed by atoms with van der Waals surface area (Å²) in [7, 11) is 0. The maximum absolute atomic E-state index is 11.7. The molecule has 2 aromatic carbocycles. The predicted octanol–water partition coefficient (Wildman–Crippen LogP) is 3.32. The van der Waals surface area contributed by atoms with Gasteiger partial charge in [-0.1, -0.05) is 41.9 Å². The van der Waals surface area contributed by atoms with Crippen molar-refractivity contribution in [1.82, 2.24) is 10.6 Å². The molecule has 1 unspecified atom stereocenters. The second-order valence-electron chi connectivity index (χ2n) is 6.01. The van der Waals surface area contributed by atoms with Gasteiger partial charge in [0.2, 0.25) is 5.91 Å². The Morgan fingerprint density at radius 2 is 1.88 bits per heavy atom. The number of rotatable bonds is 6. The molecule has 0 aliphatic carbocycles. The third-order valence-electron chi connectivity index (χ3n) is 4.23. The lowest BCUT2D eigenvalue weighted by atomic mass is 10.1. The van der Waals surface area contributed by atoms with Crippen LogP contribution < -0.4 is 16.0 Å². The second kappa shape index (κ2) is 8.18. The van der Waals surface area contributed by atoms with Gasteiger partial charge in [0.25, 0.3) is 0 Å². The molecule has 1 aliphatic heterocycles. The molecule has 0 aromatic heterocycles. The highest BCUT2D eigenvalue weighted by atomic mass is 35.5. The summed E-state index contributed by atoms with van der Waals surface area (Å²) in [5, 5.41) is 10.4. The van der Waals surface area contributed by atoms with Crippen LogP contribution in [0.25, 0.3) is 0 Å². The highest BCUT2D eigenvalue weighted by Crippen LogP contribution is 2.17. The standard InChI is InChI=1S/C19H22ClN3O/c20-17-5-2-1-4-15(17)13-22-16-9-7-14(8-10-16)12-23-18-6-3-11-21-19(18)24/h1-2,4-5,7-10,18,22-23H,3,6,11-13H2,(H,21,24). The molecule has 24 heavy (non-hydrogen) atoms. The van der Waals surface area contributed by atoms with Crippen LogP contribution in [0.4, 0.5) is 5.69 Å². The fraction of sp³-hybridized carbons (Fsp3) is 0.316. The topological polar surface area (TPSA) is 53.2 Å². The lowest BCUT2D eigenvalue weighted by Gasteiger charge is -2.22. The first-order valence-corrected chi connectivity index (χ1v) is 8.67. The van der Waals surface area contributed by atoms with Gasteiger partial charge in [-0.25, -0.2) is 0 Å². The van der Waals surface area contributed by atoms with Gasteiger partial charge in [-0.05, 0) is 42.2 Å². The zero-order chi connectivity index (χ0) is 16.8. The van der Waals surface area contributed by atoms with E-state index in [0.29, 0.717) is 13.1 Å². The average Bonchev–Trinajstić information content (AvgIpc) is 2.61. The SMILES string of the molecule is O=C1NCCCC1NCc1ccc(NCc2ccccc2Cl)cc1. The number of hydrogen-bond acceptors (Lipinski definition) is 3. The summed E-state index contributed by atoms with van der Waals surface area (Å²) in [5.74, 6) is 0.110. The van der Waals surface area contributed by atoms with Crippen molar-refractivity contribution >= 4 is 23.2 Å². The van der Waals surface area contributed by atoms with Crippen molar-refractivity contribution in [2.75, 3.05) is 11.9 Å². The molecule has 0 spiro atoms. The van der Waals surface area contributed by atoms with Crippen molar-refractivity contribution in [3.05, 3.63) is 64.7 Å². The molecule has 0 radical (unpaired) electrons. The van der Waals surface area contributed by atoms with Crippen molar-refractivity contribution in [1.29, 1.82) is 0 Å². The lowest BCUT2D eigenvalue weighted by molar-refractivity contribution is -0.124. The van der Waals surface area contributed by atoms with E-state index in [-0.39, 0.29) is 11.9 Å². The van der Waals surface area contributed by atoms with Crippen molar-refractivity contribution in [3.63, 3.8) is 0 Å². The summed E-state index contributed by atoms with van der Waals surface area (Å²) >= 11 is 6.16. The van der Waals surface area contributed by atoms with E-state index < -0.39 is 0 Å². The number of piperidine rings is 1. The van der Waals surface area contributed by atoms with Crippen LogP contribution in [0.15, 0.2) is 48.5 Å². The minimum Gasteiger partial charge on any atom is -0.381 e. The average molecular weight is 344 g/mol. The molecule has 2 aromatic rings. The highest BCUT2D eigenvalue weighted by Gasteiger charge is 2.20. The molecule has 3 N–H and O–H groups in total. The Balaban J connectivity index is 1.50. The summed E-state index contributed by atoms with van der Waals surface area (Å²) in [6.07, 6.45) is 1.94. The summed E-state index contributed by atoms with van der Waals surface area (Å²) in [6.45, 7) is 2.19. The fourth-order valence-corrected chi connectivity index (χ4v) is 2.99. The maximum atomic E-state index is 11.7. The number of amides is 1. The fourth-order valence-electron chi connectivity index (χ4n) is 2.79. The van der Waals surface area contributed by atoms with E-state index in [1.807, 2.05) is 24.3 Å². The van der Waals surface area contributed by atoms with Crippen LogP contribution in [0.3, 0.4) is 0 Å². The number of hydrogen-bond donors (Lipinski definition) is 3. The molecule has 3 rings (SSSR count). The summed E-state index contributed by atoms with van der Waals surface area (Å²) in [5.41, 5.74) is 3.29. The van der Waals surface area contributed by atoms with Crippen molar-refractivity contribution < 1.29 is 4.79 Å². The van der Waals surface area contributed by atoms with Gasteiger partial charge in [-0.3, -0.25) is 4.79 Å². The summed E-state index contributed by atoms with van der Waals surface area (Å²) in [4.78, 5) is 11.7. The Morgan fingerprint density at radius 1 is 1.08 bits per heavy atom. The molecule has 1 aliphatic rings. The van der Waals surface area contributed by atoms with Gasteiger partial charge < -0.3 is 16.0 Å². The Labute approximate surface area is 147 Å². The molecular weight excluding hydrogens is 322 g/mol. The minimum atomic E-state index is -0.0724. The van der Waals surface area contributed by atoms with E-state index in [1.165, 1.54) is 0 Å². The molecule has 126 valence electrons.